The van der Waals surface area contributed by atoms with Crippen LogP contribution >= 0.6 is 0 Å². The summed E-state index contributed by atoms with van der Waals surface area (Å²) in [6.45, 7) is 1.67. The molecule has 132 valence electrons. The molecule has 0 heterocycles. The van der Waals surface area contributed by atoms with Gasteiger partial charge >= 0.3 is 5.97 Å². The van der Waals surface area contributed by atoms with Crippen molar-refractivity contribution < 1.29 is 14.4 Å². The second-order valence-corrected chi connectivity index (χ2v) is 6.04. The number of rotatable bonds is 8. The van der Waals surface area contributed by atoms with Gasteiger partial charge in [0.15, 0.2) is 0 Å². The highest BCUT2D eigenvalue weighted by molar-refractivity contribution is 5.79. The van der Waals surface area contributed by atoms with Crippen LogP contribution in [0.5, 0.6) is 0 Å². The van der Waals surface area contributed by atoms with Gasteiger partial charge in [-0.15, -0.1) is 0 Å². The summed E-state index contributed by atoms with van der Waals surface area (Å²) < 4.78 is 0. The minimum atomic E-state index is -0.445. The monoisotopic (exact) mass is 339 g/mol. The fourth-order valence-corrected chi connectivity index (χ4v) is 2.53. The first-order valence-corrected chi connectivity index (χ1v) is 8.77. The Labute approximate surface area is 149 Å². The highest BCUT2D eigenvalue weighted by Crippen LogP contribution is 2.11. The summed E-state index contributed by atoms with van der Waals surface area (Å²) in [7, 11) is 0. The van der Waals surface area contributed by atoms with Gasteiger partial charge in [-0.2, -0.15) is 5.48 Å². The molecule has 2 aromatic rings. The molecule has 4 heteroatoms. The first-order valence-electron chi connectivity index (χ1n) is 8.77. The molecule has 0 aliphatic carbocycles. The number of hydroxylamine groups is 1. The van der Waals surface area contributed by atoms with Crippen LogP contribution in [0.2, 0.25) is 0 Å². The fraction of sp³-hybridized carbons (Fsp3) is 0.333. The molecule has 0 saturated heterocycles. The normalized spacial score (nSPS) is 10.3. The second kappa shape index (κ2) is 10.3. The molecule has 0 bridgehead atoms. The average molecular weight is 339 g/mol. The molecule has 4 nitrogen and oxygen atoms in total. The van der Waals surface area contributed by atoms with E-state index in [9.17, 15) is 9.59 Å². The molecule has 0 aromatic heterocycles. The van der Waals surface area contributed by atoms with Gasteiger partial charge in [-0.05, 0) is 42.4 Å². The molecule has 0 aliphatic rings. The van der Waals surface area contributed by atoms with Crippen LogP contribution in [0.1, 0.15) is 42.9 Å². The van der Waals surface area contributed by atoms with Crippen LogP contribution in [-0.4, -0.2) is 11.9 Å². The topological polar surface area (TPSA) is 55.4 Å². The van der Waals surface area contributed by atoms with E-state index in [1.165, 1.54) is 11.1 Å². The summed E-state index contributed by atoms with van der Waals surface area (Å²) in [5.74, 6) is -0.767. The standard InChI is InChI=1S/C21H25NO3/c1-2-21(24)25-22-20(23)16-19-14-12-18(13-15-19)11-7-6-10-17-8-4-3-5-9-17/h3-5,8-9,12-15H,2,6-7,10-11,16H2,1H3,(H,22,23). The zero-order valence-corrected chi connectivity index (χ0v) is 14.7. The van der Waals surface area contributed by atoms with Crippen molar-refractivity contribution >= 4 is 11.9 Å². The molecule has 0 saturated carbocycles. The third-order valence-corrected chi connectivity index (χ3v) is 3.98. The minimum absolute atomic E-state index is 0.200. The second-order valence-electron chi connectivity index (χ2n) is 6.04. The lowest BCUT2D eigenvalue weighted by Gasteiger charge is -2.06. The molecule has 25 heavy (non-hydrogen) atoms. The first kappa shape index (κ1) is 18.7. The van der Waals surface area contributed by atoms with E-state index in [2.05, 4.69) is 46.7 Å². The molecule has 0 radical (unpaired) electrons. The molecule has 1 amide bonds. The summed E-state index contributed by atoms with van der Waals surface area (Å²) in [6.07, 6.45) is 4.88. The van der Waals surface area contributed by atoms with Gasteiger partial charge in [-0.25, -0.2) is 4.79 Å². The van der Waals surface area contributed by atoms with Crippen LogP contribution in [0.4, 0.5) is 0 Å². The number of carbonyl (C=O) groups excluding carboxylic acids is 2. The smallest absolute Gasteiger partial charge is 0.331 e. The summed E-state index contributed by atoms with van der Waals surface area (Å²) in [4.78, 5) is 27.3. The van der Waals surface area contributed by atoms with Crippen molar-refractivity contribution in [1.82, 2.24) is 5.48 Å². The van der Waals surface area contributed by atoms with E-state index < -0.39 is 5.97 Å². The van der Waals surface area contributed by atoms with Crippen molar-refractivity contribution in [2.45, 2.75) is 45.4 Å². The number of nitrogens with one attached hydrogen (secondary N) is 1. The van der Waals surface area contributed by atoms with Crippen molar-refractivity contribution in [2.24, 2.45) is 0 Å². The van der Waals surface area contributed by atoms with E-state index in [0.29, 0.717) is 0 Å². The number of hydrogen-bond donors (Lipinski definition) is 1. The zero-order chi connectivity index (χ0) is 17.9. The number of aryl methyl sites for hydroxylation is 2. The molecule has 2 rings (SSSR count). The van der Waals surface area contributed by atoms with Gasteiger partial charge in [0.05, 0.1) is 6.42 Å². The number of amides is 1. The minimum Gasteiger partial charge on any atom is -0.341 e. The van der Waals surface area contributed by atoms with Crippen molar-refractivity contribution in [1.29, 1.82) is 0 Å². The van der Waals surface area contributed by atoms with E-state index in [1.807, 2.05) is 18.2 Å². The van der Waals surface area contributed by atoms with Crippen molar-refractivity contribution in [3.8, 4) is 0 Å². The van der Waals surface area contributed by atoms with Crippen LogP contribution in [-0.2, 0) is 33.7 Å². The summed E-state index contributed by atoms with van der Waals surface area (Å²) in [5.41, 5.74) is 5.72. The number of hydrogen-bond acceptors (Lipinski definition) is 3. The average Bonchev–Trinajstić information content (AvgIpc) is 2.65. The summed E-state index contributed by atoms with van der Waals surface area (Å²) in [5, 5.41) is 0. The number of benzene rings is 2. The maximum Gasteiger partial charge on any atom is 0.331 e. The molecular weight excluding hydrogens is 314 g/mol. The summed E-state index contributed by atoms with van der Waals surface area (Å²) in [6, 6.07) is 18.5. The van der Waals surface area contributed by atoms with E-state index in [1.54, 1.807) is 6.92 Å². The lowest BCUT2D eigenvalue weighted by Crippen LogP contribution is -2.28. The third-order valence-electron chi connectivity index (χ3n) is 3.98. The highest BCUT2D eigenvalue weighted by Gasteiger charge is 2.06. The quantitative estimate of drug-likeness (QED) is 0.588. The van der Waals surface area contributed by atoms with Gasteiger partial charge in [-0.3, -0.25) is 4.79 Å². The highest BCUT2D eigenvalue weighted by atomic mass is 16.7. The van der Waals surface area contributed by atoms with Crippen LogP contribution in [0.25, 0.3) is 0 Å². The van der Waals surface area contributed by atoms with Crippen molar-refractivity contribution in [3.63, 3.8) is 0 Å². The van der Waals surface area contributed by atoms with Gasteiger partial charge < -0.3 is 4.84 Å². The molecule has 2 aromatic carbocycles. The molecule has 0 atom stereocenters. The number of unbranched alkanes of at least 4 members (excludes halogenated alkanes) is 1. The van der Waals surface area contributed by atoms with Gasteiger partial charge in [0.1, 0.15) is 0 Å². The van der Waals surface area contributed by atoms with Gasteiger partial charge in [0.25, 0.3) is 5.91 Å². The largest absolute Gasteiger partial charge is 0.341 e. The van der Waals surface area contributed by atoms with E-state index >= 15 is 0 Å². The maximum absolute atomic E-state index is 11.7. The molecule has 1 N–H and O–H groups in total. The predicted octanol–water partition coefficient (Wildman–Crippen LogP) is 3.78. The number of carbonyl (C=O) groups is 2. The van der Waals surface area contributed by atoms with Crippen molar-refractivity contribution in [3.05, 3.63) is 71.3 Å². The van der Waals surface area contributed by atoms with E-state index in [-0.39, 0.29) is 18.7 Å². The Bertz CT molecular complexity index is 665. The Kier molecular flexibility index (Phi) is 7.70. The lowest BCUT2D eigenvalue weighted by atomic mass is 10.0. The van der Waals surface area contributed by atoms with Gasteiger partial charge in [0.2, 0.25) is 0 Å². The molecule has 0 unspecified atom stereocenters. The summed E-state index contributed by atoms with van der Waals surface area (Å²) >= 11 is 0. The Morgan fingerprint density at radius 2 is 1.40 bits per heavy atom. The van der Waals surface area contributed by atoms with E-state index in [4.69, 9.17) is 0 Å². The first-order chi connectivity index (χ1) is 12.2. The Hall–Kier alpha value is -2.62. The Balaban J connectivity index is 1.68. The third kappa shape index (κ3) is 7.21. The molecule has 0 spiro atoms. The SMILES string of the molecule is CCC(=O)ONC(=O)Cc1ccc(CCCCc2ccccc2)cc1. The van der Waals surface area contributed by atoms with Crippen LogP contribution < -0.4 is 5.48 Å². The fourth-order valence-electron chi connectivity index (χ4n) is 2.53. The lowest BCUT2D eigenvalue weighted by molar-refractivity contribution is -0.157. The van der Waals surface area contributed by atoms with Crippen LogP contribution in [0.3, 0.4) is 0 Å². The van der Waals surface area contributed by atoms with Gasteiger partial charge in [-0.1, -0.05) is 61.5 Å². The zero-order valence-electron chi connectivity index (χ0n) is 14.7. The maximum atomic E-state index is 11.7. The molecule has 0 aliphatic heterocycles. The molecular formula is C21H25NO3. The predicted molar refractivity (Wildman–Crippen MR) is 97.8 cm³/mol. The van der Waals surface area contributed by atoms with E-state index in [0.717, 1.165) is 31.2 Å². The van der Waals surface area contributed by atoms with Crippen molar-refractivity contribution in [2.75, 3.05) is 0 Å². The Morgan fingerprint density at radius 3 is 2.00 bits per heavy atom. The Morgan fingerprint density at radius 1 is 0.840 bits per heavy atom. The molecule has 0 fully saturated rings. The van der Waals surface area contributed by atoms with Crippen LogP contribution in [0, 0.1) is 0 Å². The van der Waals surface area contributed by atoms with Gasteiger partial charge in [0, 0.05) is 6.42 Å². The van der Waals surface area contributed by atoms with Crippen LogP contribution in [0.15, 0.2) is 54.6 Å².